The van der Waals surface area contributed by atoms with Crippen molar-refractivity contribution in [2.45, 2.75) is 38.6 Å². The van der Waals surface area contributed by atoms with Crippen molar-refractivity contribution in [3.05, 3.63) is 29.8 Å². The molecule has 1 aromatic carbocycles. The summed E-state index contributed by atoms with van der Waals surface area (Å²) in [6, 6.07) is 8.64. The summed E-state index contributed by atoms with van der Waals surface area (Å²) in [6.45, 7) is 10.6. The Morgan fingerprint density at radius 1 is 1.04 bits per heavy atom. The Balaban J connectivity index is 1.37. The van der Waals surface area contributed by atoms with Crippen LogP contribution in [0.3, 0.4) is 0 Å². The Bertz CT molecular complexity index is 712. The average Bonchev–Trinajstić information content (AvgIpc) is 3.35. The maximum Gasteiger partial charge on any atom is 0.239 e. The van der Waals surface area contributed by atoms with E-state index in [1.807, 2.05) is 17.0 Å². The van der Waals surface area contributed by atoms with Crippen LogP contribution in [-0.2, 0) is 9.59 Å². The van der Waals surface area contributed by atoms with E-state index in [-0.39, 0.29) is 11.8 Å². The van der Waals surface area contributed by atoms with E-state index in [1.54, 1.807) is 4.90 Å². The van der Waals surface area contributed by atoms with Crippen molar-refractivity contribution in [1.29, 1.82) is 0 Å². The van der Waals surface area contributed by atoms with Crippen LogP contribution in [0.15, 0.2) is 24.3 Å². The highest BCUT2D eigenvalue weighted by Gasteiger charge is 2.42. The molecule has 0 bridgehead atoms. The SMILES string of the molecule is CC(C)c1ccc(N2CCC(C(=O)N3CCC(N4CCNCC4)C3)C2=O)cc1. The maximum absolute atomic E-state index is 13.1. The molecule has 152 valence electrons. The molecule has 3 fully saturated rings. The van der Waals surface area contributed by atoms with E-state index in [4.69, 9.17) is 0 Å². The van der Waals surface area contributed by atoms with Crippen molar-refractivity contribution in [2.24, 2.45) is 5.92 Å². The number of carbonyl (C=O) groups is 2. The number of nitrogens with one attached hydrogen (secondary N) is 1. The average molecular weight is 385 g/mol. The fourth-order valence-corrected chi connectivity index (χ4v) is 4.71. The van der Waals surface area contributed by atoms with Crippen molar-refractivity contribution >= 4 is 17.5 Å². The van der Waals surface area contributed by atoms with Gasteiger partial charge in [0.05, 0.1) is 0 Å². The highest BCUT2D eigenvalue weighted by molar-refractivity contribution is 6.09. The summed E-state index contributed by atoms with van der Waals surface area (Å²) < 4.78 is 0. The topological polar surface area (TPSA) is 55.9 Å². The summed E-state index contributed by atoms with van der Waals surface area (Å²) >= 11 is 0. The largest absolute Gasteiger partial charge is 0.340 e. The zero-order valence-electron chi connectivity index (χ0n) is 17.1. The van der Waals surface area contributed by atoms with Gasteiger partial charge in [0, 0.05) is 57.5 Å². The molecule has 3 aliphatic heterocycles. The Labute approximate surface area is 167 Å². The molecule has 28 heavy (non-hydrogen) atoms. The molecule has 3 heterocycles. The predicted molar refractivity (Wildman–Crippen MR) is 110 cm³/mol. The van der Waals surface area contributed by atoms with Crippen molar-refractivity contribution in [1.82, 2.24) is 15.1 Å². The number of hydrogen-bond donors (Lipinski definition) is 1. The quantitative estimate of drug-likeness (QED) is 0.803. The van der Waals surface area contributed by atoms with Gasteiger partial charge in [-0.2, -0.15) is 0 Å². The summed E-state index contributed by atoms with van der Waals surface area (Å²) in [5.41, 5.74) is 2.17. The summed E-state index contributed by atoms with van der Waals surface area (Å²) in [5.74, 6) is -0.0418. The second kappa shape index (κ2) is 8.21. The van der Waals surface area contributed by atoms with Crippen LogP contribution >= 0.6 is 0 Å². The molecule has 2 amide bonds. The molecule has 0 aromatic heterocycles. The van der Waals surface area contributed by atoms with Gasteiger partial charge in [-0.25, -0.2) is 0 Å². The molecular formula is C22H32N4O2. The number of likely N-dealkylation sites (tertiary alicyclic amines) is 1. The number of rotatable bonds is 4. The molecular weight excluding hydrogens is 352 g/mol. The zero-order chi connectivity index (χ0) is 19.7. The minimum atomic E-state index is -0.508. The van der Waals surface area contributed by atoms with Crippen LogP contribution < -0.4 is 10.2 Å². The summed E-state index contributed by atoms with van der Waals surface area (Å²) in [5, 5.41) is 3.38. The second-order valence-corrected chi connectivity index (χ2v) is 8.59. The fraction of sp³-hybridized carbons (Fsp3) is 0.636. The molecule has 1 aromatic rings. The van der Waals surface area contributed by atoms with E-state index < -0.39 is 5.92 Å². The van der Waals surface area contributed by atoms with Gasteiger partial charge in [0.15, 0.2) is 0 Å². The van der Waals surface area contributed by atoms with Crippen LogP contribution in [0.4, 0.5) is 5.69 Å². The van der Waals surface area contributed by atoms with E-state index in [1.165, 1.54) is 5.56 Å². The lowest BCUT2D eigenvalue weighted by Gasteiger charge is -2.32. The Kier molecular flexibility index (Phi) is 5.69. The van der Waals surface area contributed by atoms with E-state index in [0.29, 0.717) is 24.9 Å². The third-order valence-corrected chi connectivity index (χ3v) is 6.52. The van der Waals surface area contributed by atoms with Crippen LogP contribution in [0.5, 0.6) is 0 Å². The van der Waals surface area contributed by atoms with Crippen molar-refractivity contribution in [3.8, 4) is 0 Å². The van der Waals surface area contributed by atoms with Gasteiger partial charge in [-0.15, -0.1) is 0 Å². The normalized spacial score (nSPS) is 26.5. The third kappa shape index (κ3) is 3.80. The second-order valence-electron chi connectivity index (χ2n) is 8.59. The van der Waals surface area contributed by atoms with Crippen LogP contribution in [0.2, 0.25) is 0 Å². The third-order valence-electron chi connectivity index (χ3n) is 6.52. The molecule has 6 nitrogen and oxygen atoms in total. The van der Waals surface area contributed by atoms with Crippen molar-refractivity contribution in [2.75, 3.05) is 50.7 Å². The fourth-order valence-electron chi connectivity index (χ4n) is 4.71. The number of amides is 2. The van der Waals surface area contributed by atoms with Crippen molar-refractivity contribution < 1.29 is 9.59 Å². The molecule has 6 heteroatoms. The lowest BCUT2D eigenvalue weighted by Crippen LogP contribution is -2.49. The lowest BCUT2D eigenvalue weighted by molar-refractivity contribution is -0.139. The van der Waals surface area contributed by atoms with Gasteiger partial charge in [-0.05, 0) is 36.5 Å². The van der Waals surface area contributed by atoms with Gasteiger partial charge in [-0.1, -0.05) is 26.0 Å². The van der Waals surface area contributed by atoms with Crippen LogP contribution in [0.25, 0.3) is 0 Å². The summed E-state index contributed by atoms with van der Waals surface area (Å²) in [4.78, 5) is 32.2. The Morgan fingerprint density at radius 3 is 2.43 bits per heavy atom. The number of carbonyl (C=O) groups excluding carboxylic acids is 2. The van der Waals surface area contributed by atoms with Gasteiger partial charge in [-0.3, -0.25) is 14.5 Å². The first-order chi connectivity index (χ1) is 13.5. The summed E-state index contributed by atoms with van der Waals surface area (Å²) in [6.07, 6.45) is 1.64. The molecule has 0 saturated carbocycles. The van der Waals surface area contributed by atoms with Gasteiger partial charge in [0.25, 0.3) is 0 Å². The van der Waals surface area contributed by atoms with Crippen LogP contribution in [-0.4, -0.2) is 73.5 Å². The van der Waals surface area contributed by atoms with Gasteiger partial charge in [0.2, 0.25) is 11.8 Å². The van der Waals surface area contributed by atoms with Gasteiger partial charge < -0.3 is 15.1 Å². The van der Waals surface area contributed by atoms with Crippen molar-refractivity contribution in [3.63, 3.8) is 0 Å². The first-order valence-corrected chi connectivity index (χ1v) is 10.7. The predicted octanol–water partition coefficient (Wildman–Crippen LogP) is 1.67. The number of nitrogens with zero attached hydrogens (tertiary/aromatic N) is 3. The first-order valence-electron chi connectivity index (χ1n) is 10.7. The molecule has 0 spiro atoms. The molecule has 0 radical (unpaired) electrons. The number of hydrogen-bond acceptors (Lipinski definition) is 4. The Morgan fingerprint density at radius 2 is 1.75 bits per heavy atom. The van der Waals surface area contributed by atoms with E-state index in [0.717, 1.165) is 51.4 Å². The van der Waals surface area contributed by atoms with E-state index in [9.17, 15) is 9.59 Å². The molecule has 3 saturated heterocycles. The van der Waals surface area contributed by atoms with Gasteiger partial charge in [0.1, 0.15) is 5.92 Å². The molecule has 4 rings (SSSR count). The van der Waals surface area contributed by atoms with Gasteiger partial charge >= 0.3 is 0 Å². The molecule has 0 aliphatic carbocycles. The summed E-state index contributed by atoms with van der Waals surface area (Å²) in [7, 11) is 0. The molecule has 1 N–H and O–H groups in total. The highest BCUT2D eigenvalue weighted by Crippen LogP contribution is 2.29. The maximum atomic E-state index is 13.1. The number of piperazine rings is 1. The van der Waals surface area contributed by atoms with E-state index >= 15 is 0 Å². The Hall–Kier alpha value is -1.92. The first kappa shape index (κ1) is 19.4. The lowest BCUT2D eigenvalue weighted by atomic mass is 10.0. The number of anilines is 1. The standard InChI is InChI=1S/C22H32N4O2/c1-16(2)17-3-5-18(6-4-17)26-12-8-20(22(26)28)21(27)25-11-7-19(15-25)24-13-9-23-10-14-24/h3-6,16,19-20,23H,7-15H2,1-2H3. The smallest absolute Gasteiger partial charge is 0.239 e. The monoisotopic (exact) mass is 384 g/mol. The molecule has 3 aliphatic rings. The molecule has 2 atom stereocenters. The minimum absolute atomic E-state index is 0.0314. The highest BCUT2D eigenvalue weighted by atomic mass is 16.2. The van der Waals surface area contributed by atoms with Crippen LogP contribution in [0.1, 0.15) is 38.2 Å². The minimum Gasteiger partial charge on any atom is -0.340 e. The zero-order valence-corrected chi connectivity index (χ0v) is 17.1. The van der Waals surface area contributed by atoms with Crippen LogP contribution in [0, 0.1) is 5.92 Å². The molecule has 2 unspecified atom stereocenters. The number of benzene rings is 1. The van der Waals surface area contributed by atoms with E-state index in [2.05, 4.69) is 36.2 Å².